The van der Waals surface area contributed by atoms with Crippen LogP contribution in [0, 0.1) is 0 Å². The van der Waals surface area contributed by atoms with Crippen molar-refractivity contribution in [3.05, 3.63) is 67.1 Å². The molecule has 0 radical (unpaired) electrons. The van der Waals surface area contributed by atoms with Crippen LogP contribution in [0.15, 0.2) is 65.9 Å². The van der Waals surface area contributed by atoms with Gasteiger partial charge in [-0.25, -0.2) is 4.98 Å². The topological polar surface area (TPSA) is 29.3 Å². The molecule has 3 nitrogen and oxygen atoms in total. The highest BCUT2D eigenvalue weighted by molar-refractivity contribution is 5.71. The third-order valence-corrected chi connectivity index (χ3v) is 2.88. The summed E-state index contributed by atoms with van der Waals surface area (Å²) in [5.74, 6) is 0. The highest BCUT2D eigenvalue weighted by Gasteiger charge is 1.97. The smallest absolute Gasteiger partial charge is 0.181 e. The zero-order valence-corrected chi connectivity index (χ0v) is 11.8. The zero-order valence-electron chi connectivity index (χ0n) is 11.8. The van der Waals surface area contributed by atoms with Crippen molar-refractivity contribution >= 4 is 22.9 Å². The first kappa shape index (κ1) is 13.9. The van der Waals surface area contributed by atoms with Gasteiger partial charge in [0.05, 0.1) is 0 Å². The van der Waals surface area contributed by atoms with Gasteiger partial charge in [0.15, 0.2) is 12.0 Å². The molecule has 0 unspecified atom stereocenters. The summed E-state index contributed by atoms with van der Waals surface area (Å²) in [6.07, 6.45) is 3.32. The van der Waals surface area contributed by atoms with Crippen molar-refractivity contribution < 1.29 is 4.42 Å². The maximum atomic E-state index is 5.01. The van der Waals surface area contributed by atoms with E-state index in [4.69, 9.17) is 4.42 Å². The summed E-state index contributed by atoms with van der Waals surface area (Å²) >= 11 is 0. The molecule has 0 aliphatic carbocycles. The normalized spacial score (nSPS) is 9.70. The highest BCUT2D eigenvalue weighted by atomic mass is 16.3. The molecule has 0 N–H and O–H groups in total. The number of aromatic nitrogens is 1. The third kappa shape index (κ3) is 3.26. The Kier molecular flexibility index (Phi) is 4.56. The lowest BCUT2D eigenvalue weighted by Gasteiger charge is -2.14. The lowest BCUT2D eigenvalue weighted by Crippen LogP contribution is -2.09. The lowest BCUT2D eigenvalue weighted by molar-refractivity contribution is 0.602. The number of nitrogens with zero attached hydrogens (tertiary/aromatic N) is 2. The Labute approximate surface area is 119 Å². The summed E-state index contributed by atoms with van der Waals surface area (Å²) in [7, 11) is 4.06. The van der Waals surface area contributed by atoms with Gasteiger partial charge in [-0.2, -0.15) is 0 Å². The number of hydrogen-bond donors (Lipinski definition) is 0. The molecular weight excluding hydrogens is 248 g/mol. The SMILES string of the molecule is C=Cc1ccccc1N(C)C.c1ccc2ocnc2c1. The first-order valence-corrected chi connectivity index (χ1v) is 6.39. The van der Waals surface area contributed by atoms with Crippen LogP contribution in [0.25, 0.3) is 17.2 Å². The Balaban J connectivity index is 0.000000149. The second kappa shape index (κ2) is 6.57. The van der Waals surface area contributed by atoms with Crippen LogP contribution in [0.5, 0.6) is 0 Å². The maximum absolute atomic E-state index is 5.01. The summed E-state index contributed by atoms with van der Waals surface area (Å²) in [6.45, 7) is 3.75. The van der Waals surface area contributed by atoms with Gasteiger partial charge < -0.3 is 9.32 Å². The fourth-order valence-corrected chi connectivity index (χ4v) is 1.87. The molecular formula is C17H18N2O. The summed E-state index contributed by atoms with van der Waals surface area (Å²) in [5, 5.41) is 0. The average molecular weight is 266 g/mol. The maximum Gasteiger partial charge on any atom is 0.181 e. The van der Waals surface area contributed by atoms with Crippen molar-refractivity contribution in [2.24, 2.45) is 0 Å². The second-order valence-electron chi connectivity index (χ2n) is 4.48. The molecule has 2 aromatic carbocycles. The van der Waals surface area contributed by atoms with E-state index >= 15 is 0 Å². The van der Waals surface area contributed by atoms with E-state index in [1.165, 1.54) is 17.6 Å². The van der Waals surface area contributed by atoms with Crippen LogP contribution in [0.3, 0.4) is 0 Å². The first-order valence-electron chi connectivity index (χ1n) is 6.39. The van der Waals surface area contributed by atoms with Crippen LogP contribution in [-0.4, -0.2) is 19.1 Å². The fraction of sp³-hybridized carbons (Fsp3) is 0.118. The van der Waals surface area contributed by atoms with Crippen molar-refractivity contribution in [2.45, 2.75) is 0 Å². The van der Waals surface area contributed by atoms with Gasteiger partial charge in [-0.15, -0.1) is 0 Å². The summed E-state index contributed by atoms with van der Waals surface area (Å²) in [5.41, 5.74) is 4.15. The third-order valence-electron chi connectivity index (χ3n) is 2.88. The number of fused-ring (bicyclic) bond motifs is 1. The van der Waals surface area contributed by atoms with Crippen LogP contribution >= 0.6 is 0 Å². The van der Waals surface area contributed by atoms with E-state index in [1.807, 2.05) is 56.6 Å². The summed E-state index contributed by atoms with van der Waals surface area (Å²) < 4.78 is 5.01. The Hall–Kier alpha value is -2.55. The molecule has 0 saturated heterocycles. The van der Waals surface area contributed by atoms with Gasteiger partial charge in [-0.05, 0) is 23.8 Å². The van der Waals surface area contributed by atoms with Crippen LogP contribution < -0.4 is 4.90 Å². The van der Waals surface area contributed by atoms with Gasteiger partial charge in [-0.3, -0.25) is 0 Å². The minimum Gasteiger partial charge on any atom is -0.443 e. The molecule has 102 valence electrons. The molecule has 0 fully saturated rings. The molecule has 3 rings (SSSR count). The van der Waals surface area contributed by atoms with E-state index in [0.29, 0.717) is 0 Å². The molecule has 0 saturated carbocycles. The van der Waals surface area contributed by atoms with E-state index in [0.717, 1.165) is 11.1 Å². The predicted octanol–water partition coefficient (Wildman–Crippen LogP) is 4.22. The summed E-state index contributed by atoms with van der Waals surface area (Å²) in [6, 6.07) is 15.9. The molecule has 3 heteroatoms. The molecule has 3 aromatic rings. The zero-order chi connectivity index (χ0) is 14.4. The van der Waals surface area contributed by atoms with E-state index in [-0.39, 0.29) is 0 Å². The second-order valence-corrected chi connectivity index (χ2v) is 4.48. The molecule has 0 bridgehead atoms. The van der Waals surface area contributed by atoms with Crippen LogP contribution in [0.2, 0.25) is 0 Å². The van der Waals surface area contributed by atoms with Crippen LogP contribution in [-0.2, 0) is 0 Å². The van der Waals surface area contributed by atoms with Gasteiger partial charge in [0.25, 0.3) is 0 Å². The van der Waals surface area contributed by atoms with Crippen molar-refractivity contribution in [1.82, 2.24) is 4.98 Å². The molecule has 20 heavy (non-hydrogen) atoms. The number of anilines is 1. The Morgan fingerprint density at radius 2 is 1.75 bits per heavy atom. The first-order chi connectivity index (χ1) is 9.72. The van der Waals surface area contributed by atoms with Gasteiger partial charge in [0.2, 0.25) is 0 Å². The van der Waals surface area contributed by atoms with Crippen molar-refractivity contribution in [3.63, 3.8) is 0 Å². The van der Waals surface area contributed by atoms with E-state index in [9.17, 15) is 0 Å². The minimum absolute atomic E-state index is 0.845. The number of hydrogen-bond acceptors (Lipinski definition) is 3. The number of rotatable bonds is 2. The molecule has 1 aromatic heterocycles. The number of para-hydroxylation sites is 3. The molecule has 1 heterocycles. The van der Waals surface area contributed by atoms with Crippen molar-refractivity contribution in [3.8, 4) is 0 Å². The molecule has 0 spiro atoms. The molecule has 0 aliphatic heterocycles. The van der Waals surface area contributed by atoms with Gasteiger partial charge in [0, 0.05) is 19.8 Å². The molecule has 0 aliphatic rings. The monoisotopic (exact) mass is 266 g/mol. The standard InChI is InChI=1S/C10H13N.C7H5NO/c1-4-9-7-5-6-8-10(9)11(2)3;1-2-4-7-6(3-1)8-5-9-7/h4-8H,1H2,2-3H3;1-5H. The van der Waals surface area contributed by atoms with Gasteiger partial charge >= 0.3 is 0 Å². The largest absolute Gasteiger partial charge is 0.443 e. The fourth-order valence-electron chi connectivity index (χ4n) is 1.87. The highest BCUT2D eigenvalue weighted by Crippen LogP contribution is 2.18. The van der Waals surface area contributed by atoms with Gasteiger partial charge in [-0.1, -0.05) is 43.0 Å². The number of benzene rings is 2. The lowest BCUT2D eigenvalue weighted by atomic mass is 10.1. The van der Waals surface area contributed by atoms with Crippen molar-refractivity contribution in [2.75, 3.05) is 19.0 Å². The minimum atomic E-state index is 0.845. The summed E-state index contributed by atoms with van der Waals surface area (Å²) in [4.78, 5) is 6.03. The Bertz CT molecular complexity index is 656. The number of oxazole rings is 1. The van der Waals surface area contributed by atoms with E-state index in [1.54, 1.807) is 0 Å². The average Bonchev–Trinajstić information content (AvgIpc) is 2.96. The van der Waals surface area contributed by atoms with Crippen LogP contribution in [0.4, 0.5) is 5.69 Å². The Morgan fingerprint density at radius 1 is 1.05 bits per heavy atom. The quantitative estimate of drug-likeness (QED) is 0.695. The Morgan fingerprint density at radius 3 is 2.40 bits per heavy atom. The van der Waals surface area contributed by atoms with Crippen molar-refractivity contribution in [1.29, 1.82) is 0 Å². The van der Waals surface area contributed by atoms with Gasteiger partial charge in [0.1, 0.15) is 5.52 Å². The van der Waals surface area contributed by atoms with Crippen LogP contribution in [0.1, 0.15) is 5.56 Å². The van der Waals surface area contributed by atoms with E-state index in [2.05, 4.69) is 28.6 Å². The molecule has 0 atom stereocenters. The molecule has 0 amide bonds. The predicted molar refractivity (Wildman–Crippen MR) is 84.9 cm³/mol. The van der Waals surface area contributed by atoms with E-state index < -0.39 is 0 Å².